The Morgan fingerprint density at radius 2 is 2.06 bits per heavy atom. The Hall–Kier alpha value is -3.00. The molecule has 4 aromatic rings. The zero-order valence-electron chi connectivity index (χ0n) is 18.1. The molecule has 5 rings (SSSR count). The van der Waals surface area contributed by atoms with E-state index in [2.05, 4.69) is 47.0 Å². The zero-order chi connectivity index (χ0) is 22.1. The maximum atomic E-state index is 12.6. The van der Waals surface area contributed by atoms with Crippen molar-refractivity contribution >= 4 is 43.9 Å². The first-order valence-corrected chi connectivity index (χ1v) is 11.5. The first-order chi connectivity index (χ1) is 15.6. The van der Waals surface area contributed by atoms with Gasteiger partial charge in [-0.1, -0.05) is 18.2 Å². The van der Waals surface area contributed by atoms with Crippen molar-refractivity contribution in [1.82, 2.24) is 10.3 Å². The van der Waals surface area contributed by atoms with Gasteiger partial charge in [0.1, 0.15) is 4.88 Å². The van der Waals surface area contributed by atoms with Crippen LogP contribution >= 0.6 is 11.3 Å². The number of anilines is 1. The van der Waals surface area contributed by atoms with E-state index in [1.54, 1.807) is 7.11 Å². The summed E-state index contributed by atoms with van der Waals surface area (Å²) in [6.07, 6.45) is 0. The van der Waals surface area contributed by atoms with Crippen molar-refractivity contribution in [2.75, 3.05) is 32.2 Å². The normalized spacial score (nSPS) is 15.9. The van der Waals surface area contributed by atoms with Crippen LogP contribution in [-0.4, -0.2) is 43.8 Å². The second-order valence-electron chi connectivity index (χ2n) is 8.01. The van der Waals surface area contributed by atoms with Crippen molar-refractivity contribution in [3.05, 3.63) is 59.0 Å². The molecule has 2 aromatic carbocycles. The summed E-state index contributed by atoms with van der Waals surface area (Å²) in [7, 11) is 1.67. The summed E-state index contributed by atoms with van der Waals surface area (Å²) in [5.41, 5.74) is 4.90. The molecule has 6 nitrogen and oxygen atoms in total. The Labute approximate surface area is 190 Å². The molecule has 0 saturated heterocycles. The average molecular weight is 448 g/mol. The third-order valence-corrected chi connectivity index (χ3v) is 6.77. The van der Waals surface area contributed by atoms with Gasteiger partial charge in [-0.25, -0.2) is 4.98 Å². The minimum absolute atomic E-state index is 0.0130. The smallest absolute Gasteiger partial charge is 0.263 e. The van der Waals surface area contributed by atoms with Crippen molar-refractivity contribution in [3.8, 4) is 11.3 Å². The maximum absolute atomic E-state index is 12.6. The van der Waals surface area contributed by atoms with Gasteiger partial charge in [0.15, 0.2) is 0 Å². The molecule has 0 saturated carbocycles. The number of nitrogens with one attached hydrogen (secondary N) is 2. The third kappa shape index (κ3) is 3.95. The molecule has 0 spiro atoms. The number of hydrogen-bond acceptors (Lipinski definition) is 6. The van der Waals surface area contributed by atoms with Crippen molar-refractivity contribution in [2.45, 2.75) is 19.6 Å². The maximum Gasteiger partial charge on any atom is 0.263 e. The van der Waals surface area contributed by atoms with E-state index in [0.717, 1.165) is 48.4 Å². The van der Waals surface area contributed by atoms with E-state index in [-0.39, 0.29) is 11.9 Å². The highest BCUT2D eigenvalue weighted by atomic mass is 32.1. The van der Waals surface area contributed by atoms with Gasteiger partial charge in [0.05, 0.1) is 36.7 Å². The molecule has 3 heterocycles. The summed E-state index contributed by atoms with van der Waals surface area (Å²) in [6, 6.07) is 16.6. The Morgan fingerprint density at radius 1 is 1.16 bits per heavy atom. The number of carbonyl (C=O) groups is 1. The molecule has 0 aliphatic carbocycles. The number of benzene rings is 2. The molecule has 0 unspecified atom stereocenters. The zero-order valence-corrected chi connectivity index (χ0v) is 18.9. The van der Waals surface area contributed by atoms with Crippen LogP contribution in [0.3, 0.4) is 0 Å². The fourth-order valence-electron chi connectivity index (χ4n) is 4.04. The Kier molecular flexibility index (Phi) is 5.78. The number of thiophene rings is 1. The number of pyridine rings is 1. The average Bonchev–Trinajstić information content (AvgIpc) is 3.13. The molecule has 1 amide bonds. The van der Waals surface area contributed by atoms with Gasteiger partial charge in [0.2, 0.25) is 0 Å². The van der Waals surface area contributed by atoms with E-state index in [4.69, 9.17) is 14.5 Å². The molecule has 1 aliphatic rings. The van der Waals surface area contributed by atoms with Gasteiger partial charge in [0, 0.05) is 40.7 Å². The summed E-state index contributed by atoms with van der Waals surface area (Å²) in [5, 5.41) is 8.65. The molecule has 32 heavy (non-hydrogen) atoms. The van der Waals surface area contributed by atoms with Crippen molar-refractivity contribution in [1.29, 1.82) is 0 Å². The minimum atomic E-state index is -0.0130. The van der Waals surface area contributed by atoms with Gasteiger partial charge >= 0.3 is 0 Å². The summed E-state index contributed by atoms with van der Waals surface area (Å²) in [5.74, 6) is -0.0130. The molecule has 1 aliphatic heterocycles. The fraction of sp³-hybridized carbons (Fsp3) is 0.280. The van der Waals surface area contributed by atoms with Crippen LogP contribution < -0.4 is 10.6 Å². The highest BCUT2D eigenvalue weighted by Gasteiger charge is 2.24. The number of nitrogens with zero attached hydrogens (tertiary/aromatic N) is 1. The molecular weight excluding hydrogens is 422 g/mol. The van der Waals surface area contributed by atoms with Gasteiger partial charge in [0.25, 0.3) is 5.91 Å². The highest BCUT2D eigenvalue weighted by molar-refractivity contribution is 7.21. The predicted molar refractivity (Wildman–Crippen MR) is 130 cm³/mol. The minimum Gasteiger partial charge on any atom is -0.382 e. The molecule has 2 aromatic heterocycles. The molecule has 164 valence electrons. The van der Waals surface area contributed by atoms with E-state index in [0.29, 0.717) is 26.4 Å². The van der Waals surface area contributed by atoms with Crippen LogP contribution in [-0.2, 0) is 16.1 Å². The number of methoxy groups -OCH3 is 1. The lowest BCUT2D eigenvalue weighted by molar-refractivity contribution is 0.0617. The quantitative estimate of drug-likeness (QED) is 0.415. The molecule has 0 fully saturated rings. The van der Waals surface area contributed by atoms with E-state index in [1.165, 1.54) is 11.3 Å². The standard InChI is InChI=1S/C25H25N3O3S/c1-15-13-26-23-22-18-6-7-19(17-5-3-4-16(12-17)14-31-11-10-30-2)28-20(18)8-9-21(22)32-24(23)25(29)27-15/h3-9,12,15,26H,10-11,13-14H2,1-2H3,(H,27,29)/t15-/m1/s1. The van der Waals surface area contributed by atoms with E-state index >= 15 is 0 Å². The van der Waals surface area contributed by atoms with Crippen LogP contribution in [0.1, 0.15) is 22.2 Å². The number of ether oxygens (including phenoxy) is 2. The van der Waals surface area contributed by atoms with Crippen molar-refractivity contribution in [2.24, 2.45) is 0 Å². The largest absolute Gasteiger partial charge is 0.382 e. The van der Waals surface area contributed by atoms with E-state index in [1.807, 2.05) is 19.1 Å². The van der Waals surface area contributed by atoms with Crippen LogP contribution in [0.2, 0.25) is 0 Å². The Morgan fingerprint density at radius 3 is 2.94 bits per heavy atom. The van der Waals surface area contributed by atoms with Gasteiger partial charge in [-0.15, -0.1) is 11.3 Å². The summed E-state index contributed by atoms with van der Waals surface area (Å²) < 4.78 is 11.8. The third-order valence-electron chi connectivity index (χ3n) is 5.61. The van der Waals surface area contributed by atoms with Crippen LogP contribution in [0.5, 0.6) is 0 Å². The summed E-state index contributed by atoms with van der Waals surface area (Å²) in [6.45, 7) is 4.40. The Balaban J connectivity index is 1.51. The number of amides is 1. The number of aromatic nitrogens is 1. The van der Waals surface area contributed by atoms with Gasteiger partial charge in [-0.2, -0.15) is 0 Å². The van der Waals surface area contributed by atoms with Crippen molar-refractivity contribution in [3.63, 3.8) is 0 Å². The molecule has 0 bridgehead atoms. The topological polar surface area (TPSA) is 72.5 Å². The molecule has 1 atom stereocenters. The van der Waals surface area contributed by atoms with Crippen LogP contribution in [0.4, 0.5) is 5.69 Å². The van der Waals surface area contributed by atoms with Gasteiger partial charge in [-0.3, -0.25) is 4.79 Å². The summed E-state index contributed by atoms with van der Waals surface area (Å²) >= 11 is 1.53. The second-order valence-corrected chi connectivity index (χ2v) is 9.06. The summed E-state index contributed by atoms with van der Waals surface area (Å²) in [4.78, 5) is 18.3. The van der Waals surface area contributed by atoms with Gasteiger partial charge < -0.3 is 20.1 Å². The van der Waals surface area contributed by atoms with Gasteiger partial charge in [-0.05, 0) is 42.8 Å². The van der Waals surface area contributed by atoms with E-state index in [9.17, 15) is 4.79 Å². The fourth-order valence-corrected chi connectivity index (χ4v) is 5.14. The molecule has 7 heteroatoms. The van der Waals surface area contributed by atoms with Crippen molar-refractivity contribution < 1.29 is 14.3 Å². The lowest BCUT2D eigenvalue weighted by Gasteiger charge is -2.10. The van der Waals surface area contributed by atoms with Crippen LogP contribution in [0, 0.1) is 0 Å². The molecule has 2 N–H and O–H groups in total. The SMILES string of the molecule is COCCOCc1cccc(-c2ccc3c(ccc4sc5c(c43)NC[C@@H](C)NC5=O)n2)c1. The number of carbonyl (C=O) groups excluding carboxylic acids is 1. The lowest BCUT2D eigenvalue weighted by Crippen LogP contribution is -2.34. The monoisotopic (exact) mass is 447 g/mol. The molecule has 0 radical (unpaired) electrons. The van der Waals surface area contributed by atoms with Crippen LogP contribution in [0.25, 0.3) is 32.2 Å². The first-order valence-electron chi connectivity index (χ1n) is 10.7. The highest BCUT2D eigenvalue weighted by Crippen LogP contribution is 2.41. The second kappa shape index (κ2) is 8.86. The predicted octanol–water partition coefficient (Wildman–Crippen LogP) is 4.82. The number of rotatable bonds is 6. The lowest BCUT2D eigenvalue weighted by atomic mass is 10.0. The Bertz CT molecular complexity index is 1300. The number of hydrogen-bond donors (Lipinski definition) is 2. The van der Waals surface area contributed by atoms with E-state index < -0.39 is 0 Å². The first kappa shape index (κ1) is 20.9. The van der Waals surface area contributed by atoms with Crippen LogP contribution in [0.15, 0.2) is 48.5 Å². The number of fused-ring (bicyclic) bond motifs is 5. The molecular formula is C25H25N3O3S.